The molecule has 2 amide bonds. The number of aromatic nitrogens is 3. The molecule has 10 nitrogen and oxygen atoms in total. The number of ketones is 1. The number of anilines is 3. The van der Waals surface area contributed by atoms with Crippen LogP contribution in [0.15, 0.2) is 49.1 Å². The second-order valence-corrected chi connectivity index (χ2v) is 9.50. The molecular formula is C25H27F3N6O4. The summed E-state index contributed by atoms with van der Waals surface area (Å²) < 4.78 is 48.2. The molecule has 0 bridgehead atoms. The van der Waals surface area contributed by atoms with Crippen LogP contribution in [0.3, 0.4) is 0 Å². The first-order valence-electron chi connectivity index (χ1n) is 11.3. The van der Waals surface area contributed by atoms with E-state index >= 15 is 0 Å². The topological polar surface area (TPSA) is 118 Å². The van der Waals surface area contributed by atoms with Crippen molar-refractivity contribution >= 4 is 34.8 Å². The van der Waals surface area contributed by atoms with Crippen LogP contribution >= 0.6 is 0 Å². The summed E-state index contributed by atoms with van der Waals surface area (Å²) in [7, 11) is 2.82. The van der Waals surface area contributed by atoms with Crippen LogP contribution in [-0.4, -0.2) is 52.2 Å². The monoisotopic (exact) mass is 532 g/mol. The zero-order valence-corrected chi connectivity index (χ0v) is 21.4. The molecule has 2 aromatic carbocycles. The van der Waals surface area contributed by atoms with Gasteiger partial charge in [-0.15, -0.1) is 10.2 Å². The van der Waals surface area contributed by atoms with E-state index in [4.69, 9.17) is 4.74 Å². The molecule has 1 heterocycles. The summed E-state index contributed by atoms with van der Waals surface area (Å²) in [6, 6.07) is 8.14. The normalized spacial score (nSPS) is 11.6. The lowest BCUT2D eigenvalue weighted by Crippen LogP contribution is -2.28. The Bertz CT molecular complexity index is 1330. The van der Waals surface area contributed by atoms with E-state index in [0.29, 0.717) is 11.8 Å². The van der Waals surface area contributed by atoms with Gasteiger partial charge < -0.3 is 15.0 Å². The van der Waals surface area contributed by atoms with Crippen LogP contribution in [0.5, 0.6) is 0 Å². The van der Waals surface area contributed by atoms with Gasteiger partial charge in [0.25, 0.3) is 0 Å². The van der Waals surface area contributed by atoms with Crippen molar-refractivity contribution in [1.29, 1.82) is 0 Å². The van der Waals surface area contributed by atoms with Crippen LogP contribution < -0.4 is 15.5 Å². The van der Waals surface area contributed by atoms with Crippen molar-refractivity contribution < 1.29 is 32.3 Å². The number of amides is 2. The molecule has 38 heavy (non-hydrogen) atoms. The highest BCUT2D eigenvalue weighted by Gasteiger charge is 2.36. The van der Waals surface area contributed by atoms with Crippen LogP contribution in [0.4, 0.5) is 35.0 Å². The number of carbonyl (C=O) groups excluding carboxylic acids is 3. The van der Waals surface area contributed by atoms with E-state index in [1.54, 1.807) is 37.5 Å². The Morgan fingerprint density at radius 3 is 2.18 bits per heavy atom. The Kier molecular flexibility index (Phi) is 8.08. The van der Waals surface area contributed by atoms with Crippen LogP contribution in [-0.2, 0) is 15.7 Å². The van der Waals surface area contributed by atoms with E-state index in [1.165, 1.54) is 43.8 Å². The van der Waals surface area contributed by atoms with Gasteiger partial charge in [-0.05, 0) is 45.0 Å². The highest BCUT2D eigenvalue weighted by molar-refractivity contribution is 6.12. The Balaban J connectivity index is 1.89. The van der Waals surface area contributed by atoms with Crippen molar-refractivity contribution in [2.24, 2.45) is 0 Å². The number of hydrogen-bond acceptors (Lipinski definition) is 7. The van der Waals surface area contributed by atoms with Crippen molar-refractivity contribution in [3.63, 3.8) is 0 Å². The molecule has 202 valence electrons. The third kappa shape index (κ3) is 7.31. The van der Waals surface area contributed by atoms with Gasteiger partial charge in [0.2, 0.25) is 5.91 Å². The molecule has 3 rings (SSSR count). The van der Waals surface area contributed by atoms with Gasteiger partial charge in [0.05, 0.1) is 29.0 Å². The summed E-state index contributed by atoms with van der Waals surface area (Å²) in [6.45, 7) is 4.87. The third-order valence-electron chi connectivity index (χ3n) is 5.04. The molecule has 0 radical (unpaired) electrons. The molecule has 0 aliphatic carbocycles. The minimum atomic E-state index is -4.76. The maximum absolute atomic E-state index is 13.8. The number of carbonyl (C=O) groups is 3. The van der Waals surface area contributed by atoms with E-state index in [-0.39, 0.29) is 22.6 Å². The van der Waals surface area contributed by atoms with Gasteiger partial charge in [-0.1, -0.05) is 12.1 Å². The van der Waals surface area contributed by atoms with E-state index in [1.807, 2.05) is 0 Å². The lowest BCUT2D eigenvalue weighted by molar-refractivity contribution is -0.137. The van der Waals surface area contributed by atoms with Crippen LogP contribution in [0, 0.1) is 0 Å². The number of Topliss-reactive ketones (excluding diaryl/α,β-unsaturated/α-hetero) is 1. The third-order valence-corrected chi connectivity index (χ3v) is 5.04. The average molecular weight is 533 g/mol. The Morgan fingerprint density at radius 2 is 1.61 bits per heavy atom. The quantitative estimate of drug-likeness (QED) is 0.328. The summed E-state index contributed by atoms with van der Waals surface area (Å²) in [4.78, 5) is 39.1. The van der Waals surface area contributed by atoms with Gasteiger partial charge in [0.15, 0.2) is 5.78 Å². The Labute approximate surface area is 216 Å². The number of rotatable bonds is 7. The second kappa shape index (κ2) is 10.9. The zero-order chi connectivity index (χ0) is 28.3. The molecule has 0 unspecified atom stereocenters. The van der Waals surface area contributed by atoms with Gasteiger partial charge >= 0.3 is 12.3 Å². The number of hydrogen-bond donors (Lipinski definition) is 2. The van der Waals surface area contributed by atoms with Gasteiger partial charge in [-0.25, -0.2) is 4.79 Å². The van der Waals surface area contributed by atoms with Crippen molar-refractivity contribution in [2.45, 2.75) is 39.0 Å². The van der Waals surface area contributed by atoms with Crippen LogP contribution in [0.25, 0.3) is 5.69 Å². The van der Waals surface area contributed by atoms with Crippen molar-refractivity contribution in [1.82, 2.24) is 14.8 Å². The van der Waals surface area contributed by atoms with Crippen LogP contribution in [0.2, 0.25) is 0 Å². The molecule has 3 aromatic rings. The SMILES string of the molecule is CN(C)c1cc(NC(=O)OC(C)(C)C)c(NC(=O)CC(=O)c2cccc(-n3cnnc3)c2)cc1C(F)(F)F. The molecule has 0 fully saturated rings. The first-order valence-corrected chi connectivity index (χ1v) is 11.3. The molecule has 0 spiro atoms. The van der Waals surface area contributed by atoms with Gasteiger partial charge in [0.1, 0.15) is 18.3 Å². The molecule has 13 heteroatoms. The number of benzene rings is 2. The summed E-state index contributed by atoms with van der Waals surface area (Å²) in [6.07, 6.45) is -3.48. The van der Waals surface area contributed by atoms with Gasteiger partial charge in [-0.3, -0.25) is 19.5 Å². The molecule has 2 N–H and O–H groups in total. The van der Waals surface area contributed by atoms with Crippen LogP contribution in [0.1, 0.15) is 43.1 Å². The van der Waals surface area contributed by atoms with E-state index in [9.17, 15) is 27.6 Å². The fraction of sp³-hybridized carbons (Fsp3) is 0.320. The molecule has 0 saturated heterocycles. The molecule has 1 aromatic heterocycles. The Morgan fingerprint density at radius 1 is 0.974 bits per heavy atom. The molecular weight excluding hydrogens is 505 g/mol. The molecule has 0 aliphatic heterocycles. The standard InChI is InChI=1S/C25H27F3N6O4/c1-24(2,3)38-23(37)32-19-11-20(33(4)5)17(25(26,27)28)10-18(19)31-22(36)12-21(35)15-7-6-8-16(9-15)34-13-29-30-14-34/h6-11,13-14H,12H2,1-5H3,(H,31,36)(H,32,37). The number of nitrogens with one attached hydrogen (secondary N) is 2. The lowest BCUT2D eigenvalue weighted by atomic mass is 10.1. The highest BCUT2D eigenvalue weighted by atomic mass is 19.4. The highest BCUT2D eigenvalue weighted by Crippen LogP contribution is 2.41. The summed E-state index contributed by atoms with van der Waals surface area (Å²) >= 11 is 0. The zero-order valence-electron chi connectivity index (χ0n) is 21.4. The first-order chi connectivity index (χ1) is 17.6. The van der Waals surface area contributed by atoms with Crippen molar-refractivity contribution in [2.75, 3.05) is 29.6 Å². The largest absolute Gasteiger partial charge is 0.444 e. The van der Waals surface area contributed by atoms with Gasteiger partial charge in [-0.2, -0.15) is 13.2 Å². The maximum Gasteiger partial charge on any atom is 0.418 e. The maximum atomic E-state index is 13.8. The first kappa shape index (κ1) is 28.2. The predicted octanol–water partition coefficient (Wildman–Crippen LogP) is 4.91. The van der Waals surface area contributed by atoms with E-state index in [0.717, 1.165) is 6.07 Å². The van der Waals surface area contributed by atoms with E-state index < -0.39 is 41.5 Å². The minimum Gasteiger partial charge on any atom is -0.444 e. The number of ether oxygens (including phenoxy) is 1. The molecule has 0 saturated carbocycles. The minimum absolute atomic E-state index is 0.133. The van der Waals surface area contributed by atoms with E-state index in [2.05, 4.69) is 20.8 Å². The fourth-order valence-electron chi connectivity index (χ4n) is 3.42. The van der Waals surface area contributed by atoms with Crippen molar-refractivity contribution in [3.05, 3.63) is 60.2 Å². The number of halogens is 3. The molecule has 0 atom stereocenters. The van der Waals surface area contributed by atoms with Crippen molar-refractivity contribution in [3.8, 4) is 5.69 Å². The smallest absolute Gasteiger partial charge is 0.418 e. The lowest BCUT2D eigenvalue weighted by Gasteiger charge is -2.24. The predicted molar refractivity (Wildman–Crippen MR) is 135 cm³/mol. The summed E-state index contributed by atoms with van der Waals surface area (Å²) in [5, 5.41) is 12.1. The average Bonchev–Trinajstić information content (AvgIpc) is 3.33. The summed E-state index contributed by atoms with van der Waals surface area (Å²) in [5.41, 5.74) is -1.85. The molecule has 0 aliphatic rings. The Hall–Kier alpha value is -4.42. The number of nitrogens with zero attached hydrogens (tertiary/aromatic N) is 4. The van der Waals surface area contributed by atoms with Gasteiger partial charge in [0, 0.05) is 25.3 Å². The fourth-order valence-corrected chi connectivity index (χ4v) is 3.42. The number of alkyl halides is 3. The second-order valence-electron chi connectivity index (χ2n) is 9.50. The summed E-state index contributed by atoms with van der Waals surface area (Å²) in [5.74, 6) is -1.44.